The third kappa shape index (κ3) is 4.48. The van der Waals surface area contributed by atoms with Gasteiger partial charge in [-0.25, -0.2) is 9.36 Å². The van der Waals surface area contributed by atoms with E-state index in [-0.39, 0.29) is 18.6 Å². The van der Waals surface area contributed by atoms with E-state index in [0.717, 1.165) is 0 Å². The fourth-order valence-corrected chi connectivity index (χ4v) is 3.48. The third-order valence-corrected chi connectivity index (χ3v) is 4.71. The number of nitrogens with one attached hydrogen (secondary N) is 1. The fourth-order valence-electron chi connectivity index (χ4n) is 2.77. The van der Waals surface area contributed by atoms with Crippen molar-refractivity contribution in [2.75, 3.05) is 6.61 Å². The van der Waals surface area contributed by atoms with Gasteiger partial charge in [0.15, 0.2) is 0 Å². The van der Waals surface area contributed by atoms with E-state index < -0.39 is 25.7 Å². The van der Waals surface area contributed by atoms with Crippen molar-refractivity contribution in [1.82, 2.24) is 9.55 Å². The van der Waals surface area contributed by atoms with Crippen LogP contribution in [0, 0.1) is 5.92 Å². The molecule has 0 spiro atoms. The van der Waals surface area contributed by atoms with E-state index in [9.17, 15) is 14.2 Å². The lowest BCUT2D eigenvalue weighted by Gasteiger charge is -2.17. The van der Waals surface area contributed by atoms with E-state index in [1.165, 1.54) is 16.8 Å². The second-order valence-electron chi connectivity index (χ2n) is 5.86. The minimum atomic E-state index is -2.69. The van der Waals surface area contributed by atoms with Crippen molar-refractivity contribution in [2.24, 2.45) is 5.92 Å². The maximum absolute atomic E-state index is 11.9. The van der Waals surface area contributed by atoms with Gasteiger partial charge in [0.2, 0.25) is 0 Å². The first-order chi connectivity index (χ1) is 12.0. The average molecular weight is 366 g/mol. The first-order valence-corrected chi connectivity index (χ1v) is 9.12. The SMILES string of the molecule is CC1CC(CO[PH](=O)Oc2ccccc2)OC1n1ccc(=O)[nH]c1=O. The molecule has 0 radical (unpaired) electrons. The largest absolute Gasteiger partial charge is 0.426 e. The Bertz CT molecular complexity index is 849. The van der Waals surface area contributed by atoms with Crippen LogP contribution in [0.2, 0.25) is 0 Å². The van der Waals surface area contributed by atoms with Gasteiger partial charge in [0.1, 0.15) is 12.0 Å². The maximum atomic E-state index is 11.9. The molecule has 1 aromatic carbocycles. The minimum absolute atomic E-state index is 0.0366. The van der Waals surface area contributed by atoms with E-state index in [2.05, 4.69) is 4.98 Å². The van der Waals surface area contributed by atoms with Gasteiger partial charge in [-0.3, -0.25) is 18.9 Å². The standard InChI is InChI=1S/C16H19N2O6P/c1-11-9-13(10-22-25(21)24-12-5-3-2-4-6-12)23-15(11)18-8-7-14(19)17-16(18)20/h2-8,11,13,15,25H,9-10H2,1H3,(H,17,19,20). The van der Waals surface area contributed by atoms with E-state index in [0.29, 0.717) is 12.2 Å². The summed E-state index contributed by atoms with van der Waals surface area (Å²) in [7, 11) is -2.69. The van der Waals surface area contributed by atoms with Crippen LogP contribution < -0.4 is 15.8 Å². The second-order valence-corrected chi connectivity index (χ2v) is 6.85. The van der Waals surface area contributed by atoms with Crippen molar-refractivity contribution >= 4 is 8.25 Å². The lowest BCUT2D eigenvalue weighted by molar-refractivity contribution is -0.0296. The highest BCUT2D eigenvalue weighted by molar-refractivity contribution is 7.33. The summed E-state index contributed by atoms with van der Waals surface area (Å²) in [4.78, 5) is 25.2. The average Bonchev–Trinajstić information content (AvgIpc) is 2.95. The molecule has 4 unspecified atom stereocenters. The Balaban J connectivity index is 1.56. The molecule has 8 nitrogen and oxygen atoms in total. The van der Waals surface area contributed by atoms with Crippen LogP contribution >= 0.6 is 8.25 Å². The summed E-state index contributed by atoms with van der Waals surface area (Å²) in [5, 5.41) is 0. The summed E-state index contributed by atoms with van der Waals surface area (Å²) < 4.78 is 29.5. The number of hydrogen-bond donors (Lipinski definition) is 1. The molecule has 2 aromatic rings. The van der Waals surface area contributed by atoms with Gasteiger partial charge in [-0.2, -0.15) is 0 Å². The number of hydrogen-bond acceptors (Lipinski definition) is 6. The van der Waals surface area contributed by atoms with Gasteiger partial charge in [0, 0.05) is 18.2 Å². The van der Waals surface area contributed by atoms with Crippen LogP contribution in [-0.4, -0.2) is 22.3 Å². The fraction of sp³-hybridized carbons (Fsp3) is 0.375. The van der Waals surface area contributed by atoms with Gasteiger partial charge < -0.3 is 9.26 Å². The summed E-state index contributed by atoms with van der Waals surface area (Å²) in [6.45, 7) is 2.04. The molecule has 3 rings (SSSR count). The zero-order valence-corrected chi connectivity index (χ0v) is 14.6. The van der Waals surface area contributed by atoms with Gasteiger partial charge in [-0.15, -0.1) is 0 Å². The molecule has 1 aliphatic rings. The van der Waals surface area contributed by atoms with Crippen LogP contribution in [0.3, 0.4) is 0 Å². The summed E-state index contributed by atoms with van der Waals surface area (Å²) in [6.07, 6.45) is 1.23. The highest BCUT2D eigenvalue weighted by Gasteiger charge is 2.34. The predicted molar refractivity (Wildman–Crippen MR) is 91.0 cm³/mol. The molecule has 1 saturated heterocycles. The summed E-state index contributed by atoms with van der Waals surface area (Å²) in [5.74, 6) is 0.513. The van der Waals surface area contributed by atoms with Crippen molar-refractivity contribution in [3.63, 3.8) is 0 Å². The molecule has 4 atom stereocenters. The Morgan fingerprint density at radius 2 is 2.04 bits per heavy atom. The molecule has 1 fully saturated rings. The van der Waals surface area contributed by atoms with Crippen LogP contribution in [0.5, 0.6) is 5.75 Å². The predicted octanol–water partition coefficient (Wildman–Crippen LogP) is 1.95. The Hall–Kier alpha value is -2.15. The molecule has 1 aliphatic heterocycles. The van der Waals surface area contributed by atoms with Gasteiger partial charge in [0.05, 0.1) is 12.7 Å². The number of nitrogens with zero attached hydrogens (tertiary/aromatic N) is 1. The molecular weight excluding hydrogens is 347 g/mol. The van der Waals surface area contributed by atoms with Crippen LogP contribution in [-0.2, 0) is 13.8 Å². The maximum Gasteiger partial charge on any atom is 0.367 e. The molecule has 134 valence electrons. The van der Waals surface area contributed by atoms with E-state index in [1.54, 1.807) is 24.3 Å². The molecule has 0 aliphatic carbocycles. The van der Waals surface area contributed by atoms with Crippen LogP contribution in [0.25, 0.3) is 0 Å². The number of aromatic nitrogens is 2. The Morgan fingerprint density at radius 3 is 2.76 bits per heavy atom. The van der Waals surface area contributed by atoms with Crippen molar-refractivity contribution in [3.8, 4) is 5.75 Å². The Kier molecular flexibility index (Phi) is 5.53. The third-order valence-electron chi connectivity index (χ3n) is 3.91. The van der Waals surface area contributed by atoms with Gasteiger partial charge in [0.25, 0.3) is 5.56 Å². The number of aromatic amines is 1. The Morgan fingerprint density at radius 1 is 1.28 bits per heavy atom. The lowest BCUT2D eigenvalue weighted by Crippen LogP contribution is -2.33. The monoisotopic (exact) mass is 366 g/mol. The molecule has 1 aromatic heterocycles. The Labute approximate surface area is 144 Å². The zero-order valence-electron chi connectivity index (χ0n) is 13.6. The highest BCUT2D eigenvalue weighted by atomic mass is 31.1. The summed E-state index contributed by atoms with van der Waals surface area (Å²) >= 11 is 0. The van der Waals surface area contributed by atoms with Gasteiger partial charge >= 0.3 is 13.9 Å². The molecule has 0 bridgehead atoms. The number of para-hydroxylation sites is 1. The van der Waals surface area contributed by atoms with E-state index in [1.807, 2.05) is 13.0 Å². The van der Waals surface area contributed by atoms with E-state index >= 15 is 0 Å². The van der Waals surface area contributed by atoms with Gasteiger partial charge in [-0.1, -0.05) is 25.1 Å². The van der Waals surface area contributed by atoms with Crippen molar-refractivity contribution < 1.29 is 18.3 Å². The lowest BCUT2D eigenvalue weighted by atomic mass is 10.1. The quantitative estimate of drug-likeness (QED) is 0.785. The summed E-state index contributed by atoms with van der Waals surface area (Å²) in [6, 6.07) is 10.0. The van der Waals surface area contributed by atoms with Crippen LogP contribution in [0.1, 0.15) is 19.6 Å². The normalized spacial score (nSPS) is 24.1. The first kappa shape index (κ1) is 17.7. The number of rotatable bonds is 6. The highest BCUT2D eigenvalue weighted by Crippen LogP contribution is 2.35. The molecular formula is C16H19N2O6P. The smallest absolute Gasteiger partial charge is 0.367 e. The first-order valence-electron chi connectivity index (χ1n) is 7.89. The zero-order chi connectivity index (χ0) is 17.8. The molecule has 9 heteroatoms. The molecule has 0 saturated carbocycles. The topological polar surface area (TPSA) is 99.6 Å². The minimum Gasteiger partial charge on any atom is -0.426 e. The number of benzene rings is 1. The van der Waals surface area contributed by atoms with Gasteiger partial charge in [-0.05, 0) is 18.6 Å². The number of H-pyrrole nitrogens is 1. The van der Waals surface area contributed by atoms with Crippen molar-refractivity contribution in [2.45, 2.75) is 25.7 Å². The molecule has 1 N–H and O–H groups in total. The summed E-state index contributed by atoms with van der Waals surface area (Å²) in [5.41, 5.74) is -0.977. The molecule has 2 heterocycles. The van der Waals surface area contributed by atoms with Crippen molar-refractivity contribution in [1.29, 1.82) is 0 Å². The molecule has 25 heavy (non-hydrogen) atoms. The van der Waals surface area contributed by atoms with Crippen molar-refractivity contribution in [3.05, 3.63) is 63.4 Å². The van der Waals surface area contributed by atoms with E-state index in [4.69, 9.17) is 13.8 Å². The number of ether oxygens (including phenoxy) is 1. The second kappa shape index (κ2) is 7.82. The molecule has 0 amide bonds. The van der Waals surface area contributed by atoms with Crippen LogP contribution in [0.4, 0.5) is 0 Å². The van der Waals surface area contributed by atoms with Crippen LogP contribution in [0.15, 0.2) is 52.2 Å².